The number of hydrogen-bond acceptors (Lipinski definition) is 4. The highest BCUT2D eigenvalue weighted by Gasteiger charge is 2.24. The second kappa shape index (κ2) is 11.4. The van der Waals surface area contributed by atoms with Crippen molar-refractivity contribution in [3.8, 4) is 5.75 Å². The van der Waals surface area contributed by atoms with Crippen molar-refractivity contribution in [2.24, 2.45) is 11.8 Å². The van der Waals surface area contributed by atoms with E-state index >= 15 is 0 Å². The molecule has 150 valence electrons. The van der Waals surface area contributed by atoms with E-state index in [1.54, 1.807) is 31.4 Å². The Labute approximate surface area is 166 Å². The van der Waals surface area contributed by atoms with Gasteiger partial charge in [-0.15, -0.1) is 0 Å². The van der Waals surface area contributed by atoms with Gasteiger partial charge in [0.1, 0.15) is 11.8 Å². The second-order valence-corrected chi connectivity index (χ2v) is 7.38. The minimum Gasteiger partial charge on any atom is -0.497 e. The van der Waals surface area contributed by atoms with Crippen LogP contribution in [-0.4, -0.2) is 36.6 Å². The lowest BCUT2D eigenvalue weighted by Crippen LogP contribution is -2.55. The predicted molar refractivity (Wildman–Crippen MR) is 110 cm³/mol. The first-order valence-electron chi connectivity index (χ1n) is 9.03. The Morgan fingerprint density at radius 3 is 2.22 bits per heavy atom. The Balaban J connectivity index is 2.57. The molecule has 1 atom stereocenters. The molecule has 0 spiro atoms. The third-order valence-corrected chi connectivity index (χ3v) is 4.14. The molecule has 0 saturated heterocycles. The van der Waals surface area contributed by atoms with Crippen LogP contribution in [0.2, 0.25) is 0 Å². The summed E-state index contributed by atoms with van der Waals surface area (Å²) < 4.78 is 5.08. The maximum absolute atomic E-state index is 12.4. The lowest BCUT2D eigenvalue weighted by atomic mass is 10.0. The number of carbonyl (C=O) groups is 2. The van der Waals surface area contributed by atoms with E-state index in [9.17, 15) is 9.59 Å². The van der Waals surface area contributed by atoms with Crippen LogP contribution in [0.4, 0.5) is 0 Å². The average molecular weight is 395 g/mol. The van der Waals surface area contributed by atoms with Gasteiger partial charge >= 0.3 is 0 Å². The van der Waals surface area contributed by atoms with Crippen molar-refractivity contribution in [3.05, 3.63) is 29.8 Å². The summed E-state index contributed by atoms with van der Waals surface area (Å²) in [5.74, 6) is 0.432. The van der Waals surface area contributed by atoms with E-state index in [0.717, 1.165) is 13.0 Å². The molecule has 0 unspecified atom stereocenters. The summed E-state index contributed by atoms with van der Waals surface area (Å²) in [6, 6.07) is 5.99. The molecular weight excluding hydrogens is 364 g/mol. The van der Waals surface area contributed by atoms with Crippen LogP contribution < -0.4 is 26.2 Å². The molecule has 4 N–H and O–H groups in total. The molecule has 8 heteroatoms. The molecular formula is C19H30N4O3S. The number of benzene rings is 1. The Bertz CT molecular complexity index is 632. The summed E-state index contributed by atoms with van der Waals surface area (Å²) in [5, 5.41) is 6.12. The van der Waals surface area contributed by atoms with Crippen molar-refractivity contribution in [2.75, 3.05) is 13.7 Å². The van der Waals surface area contributed by atoms with Crippen LogP contribution in [0.5, 0.6) is 5.75 Å². The minimum atomic E-state index is -0.703. The molecule has 1 rings (SSSR count). The van der Waals surface area contributed by atoms with Crippen LogP contribution in [0.25, 0.3) is 0 Å². The number of hydrazine groups is 1. The van der Waals surface area contributed by atoms with Gasteiger partial charge in [0.2, 0.25) is 0 Å². The predicted octanol–water partition coefficient (Wildman–Crippen LogP) is 1.99. The fourth-order valence-corrected chi connectivity index (χ4v) is 2.37. The lowest BCUT2D eigenvalue weighted by molar-refractivity contribution is -0.124. The number of thiocarbonyl (C=S) groups is 1. The van der Waals surface area contributed by atoms with Crippen molar-refractivity contribution in [1.29, 1.82) is 0 Å². The number of hydrogen-bond donors (Lipinski definition) is 4. The minimum absolute atomic E-state index is 0.100. The average Bonchev–Trinajstić information content (AvgIpc) is 2.63. The monoisotopic (exact) mass is 394 g/mol. The van der Waals surface area contributed by atoms with Gasteiger partial charge in [0.15, 0.2) is 5.11 Å². The molecule has 0 aliphatic carbocycles. The third kappa shape index (κ3) is 8.25. The molecule has 0 aliphatic rings. The Hall–Kier alpha value is -2.35. The number of methoxy groups -OCH3 is 1. The van der Waals surface area contributed by atoms with E-state index in [0.29, 0.717) is 22.3 Å². The Morgan fingerprint density at radius 1 is 1.07 bits per heavy atom. The first kappa shape index (κ1) is 22.7. The van der Waals surface area contributed by atoms with E-state index in [-0.39, 0.29) is 17.7 Å². The summed E-state index contributed by atoms with van der Waals surface area (Å²) in [6.45, 7) is 8.69. The van der Waals surface area contributed by atoms with Crippen molar-refractivity contribution in [1.82, 2.24) is 21.5 Å². The molecule has 0 fully saturated rings. The Kier molecular flexibility index (Phi) is 9.56. The molecule has 0 heterocycles. The van der Waals surface area contributed by atoms with Gasteiger partial charge in [0.25, 0.3) is 11.8 Å². The normalized spacial score (nSPS) is 11.7. The first-order chi connectivity index (χ1) is 12.7. The summed E-state index contributed by atoms with van der Waals surface area (Å²) in [5.41, 5.74) is 5.67. The molecule has 1 aromatic carbocycles. The van der Waals surface area contributed by atoms with Gasteiger partial charge in [0, 0.05) is 12.1 Å². The fraction of sp³-hybridized carbons (Fsp3) is 0.526. The smallest absolute Gasteiger partial charge is 0.261 e. The van der Waals surface area contributed by atoms with Crippen molar-refractivity contribution in [3.63, 3.8) is 0 Å². The van der Waals surface area contributed by atoms with E-state index < -0.39 is 6.04 Å². The van der Waals surface area contributed by atoms with Gasteiger partial charge in [-0.1, -0.05) is 27.7 Å². The van der Waals surface area contributed by atoms with Gasteiger partial charge in [-0.3, -0.25) is 20.4 Å². The van der Waals surface area contributed by atoms with Gasteiger partial charge in [-0.25, -0.2) is 0 Å². The summed E-state index contributed by atoms with van der Waals surface area (Å²) in [4.78, 5) is 24.9. The van der Waals surface area contributed by atoms with Gasteiger partial charge in [-0.2, -0.15) is 0 Å². The van der Waals surface area contributed by atoms with Crippen LogP contribution in [0.3, 0.4) is 0 Å². The van der Waals surface area contributed by atoms with Crippen LogP contribution >= 0.6 is 12.2 Å². The van der Waals surface area contributed by atoms with Crippen LogP contribution in [-0.2, 0) is 4.79 Å². The Morgan fingerprint density at radius 2 is 1.70 bits per heavy atom. The molecule has 0 aromatic heterocycles. The molecule has 27 heavy (non-hydrogen) atoms. The number of amides is 2. The van der Waals surface area contributed by atoms with Crippen LogP contribution in [0.1, 0.15) is 44.5 Å². The van der Waals surface area contributed by atoms with E-state index in [2.05, 4.69) is 35.3 Å². The summed E-state index contributed by atoms with van der Waals surface area (Å²) in [6.07, 6.45) is 0.975. The fourth-order valence-electron chi connectivity index (χ4n) is 2.22. The highest BCUT2D eigenvalue weighted by Crippen LogP contribution is 2.12. The highest BCUT2D eigenvalue weighted by molar-refractivity contribution is 7.80. The SMILES string of the molecule is COc1ccc(C(=O)N[C@H](C(=O)NNC(=S)NCCC(C)C)C(C)C)cc1. The topological polar surface area (TPSA) is 91.5 Å². The van der Waals surface area contributed by atoms with Gasteiger partial charge < -0.3 is 15.4 Å². The lowest BCUT2D eigenvalue weighted by Gasteiger charge is -2.22. The zero-order valence-electron chi connectivity index (χ0n) is 16.6. The third-order valence-electron chi connectivity index (χ3n) is 3.89. The van der Waals surface area contributed by atoms with Crippen molar-refractivity contribution >= 4 is 29.1 Å². The largest absolute Gasteiger partial charge is 0.497 e. The standard InChI is InChI=1S/C19H30N4O3S/c1-12(2)10-11-20-19(27)23-22-18(25)16(13(3)4)21-17(24)14-6-8-15(26-5)9-7-14/h6-9,12-13,16H,10-11H2,1-5H3,(H,21,24)(H,22,25)(H2,20,23,27)/t16-/m0/s1. The van der Waals surface area contributed by atoms with Gasteiger partial charge in [-0.05, 0) is 54.7 Å². The summed E-state index contributed by atoms with van der Waals surface area (Å²) >= 11 is 5.13. The zero-order valence-corrected chi connectivity index (χ0v) is 17.4. The van der Waals surface area contributed by atoms with Gasteiger partial charge in [0.05, 0.1) is 7.11 Å². The number of nitrogens with one attached hydrogen (secondary N) is 4. The molecule has 1 aromatic rings. The summed E-state index contributed by atoms with van der Waals surface area (Å²) in [7, 11) is 1.56. The number of rotatable bonds is 8. The maximum atomic E-state index is 12.4. The molecule has 7 nitrogen and oxygen atoms in total. The molecule has 2 amide bonds. The quantitative estimate of drug-likeness (QED) is 0.398. The molecule has 0 radical (unpaired) electrons. The zero-order chi connectivity index (χ0) is 20.4. The first-order valence-corrected chi connectivity index (χ1v) is 9.44. The molecule has 0 bridgehead atoms. The van der Waals surface area contributed by atoms with Crippen LogP contribution in [0.15, 0.2) is 24.3 Å². The number of carbonyl (C=O) groups excluding carboxylic acids is 2. The van der Waals surface area contributed by atoms with Crippen LogP contribution in [0, 0.1) is 11.8 Å². The second-order valence-electron chi connectivity index (χ2n) is 6.98. The molecule has 0 aliphatic heterocycles. The molecule has 0 saturated carbocycles. The van der Waals surface area contributed by atoms with Crippen molar-refractivity contribution < 1.29 is 14.3 Å². The number of ether oxygens (including phenoxy) is 1. The van der Waals surface area contributed by atoms with E-state index in [1.807, 2.05) is 13.8 Å². The van der Waals surface area contributed by atoms with Crippen molar-refractivity contribution in [2.45, 2.75) is 40.2 Å². The highest BCUT2D eigenvalue weighted by atomic mass is 32.1. The maximum Gasteiger partial charge on any atom is 0.261 e. The van der Waals surface area contributed by atoms with E-state index in [4.69, 9.17) is 17.0 Å². The van der Waals surface area contributed by atoms with E-state index in [1.165, 1.54) is 0 Å².